The van der Waals surface area contributed by atoms with Gasteiger partial charge < -0.3 is 24.6 Å². The third-order valence-electron chi connectivity index (χ3n) is 6.16. The summed E-state index contributed by atoms with van der Waals surface area (Å²) in [5.41, 5.74) is 1.02. The van der Waals surface area contributed by atoms with Gasteiger partial charge in [0.1, 0.15) is 0 Å². The number of guanidine groups is 1. The lowest BCUT2D eigenvalue weighted by Crippen LogP contribution is -2.44. The van der Waals surface area contributed by atoms with Crippen molar-refractivity contribution in [1.82, 2.24) is 15.1 Å². The van der Waals surface area contributed by atoms with Crippen molar-refractivity contribution in [2.45, 2.75) is 32.1 Å². The second-order valence-corrected chi connectivity index (χ2v) is 8.36. The Labute approximate surface area is 209 Å². The Bertz CT molecular complexity index is 692. The molecule has 2 aliphatic heterocycles. The molecule has 1 aromatic rings. The molecule has 0 aromatic heterocycles. The van der Waals surface area contributed by atoms with E-state index in [4.69, 9.17) is 14.5 Å². The van der Waals surface area contributed by atoms with E-state index in [9.17, 15) is 4.79 Å². The smallest absolute Gasteiger partial charge is 0.232 e. The summed E-state index contributed by atoms with van der Waals surface area (Å²) in [6, 6.07) is 10.0. The molecule has 0 spiro atoms. The molecule has 8 heteroatoms. The third-order valence-corrected chi connectivity index (χ3v) is 6.16. The fourth-order valence-corrected chi connectivity index (χ4v) is 4.18. The highest BCUT2D eigenvalue weighted by atomic mass is 127. The number of benzene rings is 1. The van der Waals surface area contributed by atoms with Crippen LogP contribution in [0.15, 0.2) is 35.3 Å². The molecule has 0 saturated carbocycles. The second kappa shape index (κ2) is 14.7. The first kappa shape index (κ1) is 26.9. The van der Waals surface area contributed by atoms with Crippen molar-refractivity contribution >= 4 is 35.8 Å². The Morgan fingerprint density at radius 2 is 1.81 bits per heavy atom. The molecule has 2 saturated heterocycles. The molecule has 1 amide bonds. The molecule has 0 aliphatic carbocycles. The average Bonchev–Trinajstić information content (AvgIpc) is 2.83. The first-order valence-electron chi connectivity index (χ1n) is 11.7. The molecule has 7 nitrogen and oxygen atoms in total. The van der Waals surface area contributed by atoms with Gasteiger partial charge in [-0.25, -0.2) is 0 Å². The summed E-state index contributed by atoms with van der Waals surface area (Å²) in [5.74, 6) is 1.44. The van der Waals surface area contributed by atoms with Crippen molar-refractivity contribution in [3.05, 3.63) is 35.9 Å². The van der Waals surface area contributed by atoms with E-state index >= 15 is 0 Å². The van der Waals surface area contributed by atoms with E-state index in [1.165, 1.54) is 0 Å². The summed E-state index contributed by atoms with van der Waals surface area (Å²) in [4.78, 5) is 22.3. The van der Waals surface area contributed by atoms with Crippen LogP contribution in [0.5, 0.6) is 0 Å². The topological polar surface area (TPSA) is 66.4 Å². The minimum Gasteiger partial charge on any atom is -0.381 e. The highest BCUT2D eigenvalue weighted by Crippen LogP contribution is 2.21. The molecule has 1 atom stereocenters. The molecule has 2 aliphatic rings. The molecule has 1 N–H and O–H groups in total. The fourth-order valence-electron chi connectivity index (χ4n) is 4.18. The molecule has 1 unspecified atom stereocenters. The maximum absolute atomic E-state index is 13.3. The van der Waals surface area contributed by atoms with E-state index < -0.39 is 0 Å². The molecular weight excluding hydrogens is 519 g/mol. The quantitative estimate of drug-likeness (QED) is 0.302. The number of halogens is 1. The lowest BCUT2D eigenvalue weighted by Gasteiger charge is -2.30. The number of ether oxygens (including phenoxy) is 2. The van der Waals surface area contributed by atoms with E-state index in [2.05, 4.69) is 24.2 Å². The minimum absolute atomic E-state index is 0. The number of carbonyl (C=O) groups excluding carboxylic acids is 1. The zero-order valence-electron chi connectivity index (χ0n) is 19.5. The molecule has 3 rings (SSSR count). The number of hydrogen-bond donors (Lipinski definition) is 1. The van der Waals surface area contributed by atoms with Gasteiger partial charge in [0.05, 0.1) is 25.7 Å². The Balaban J connectivity index is 0.00000363. The molecule has 0 bridgehead atoms. The molecule has 180 valence electrons. The fraction of sp³-hybridized carbons (Fsp3) is 0.667. The van der Waals surface area contributed by atoms with Gasteiger partial charge in [-0.2, -0.15) is 0 Å². The normalized spacial score (nSPS) is 18.6. The van der Waals surface area contributed by atoms with Gasteiger partial charge in [-0.05, 0) is 37.7 Å². The number of amides is 1. The summed E-state index contributed by atoms with van der Waals surface area (Å²) < 4.78 is 10.9. The predicted molar refractivity (Wildman–Crippen MR) is 139 cm³/mol. The summed E-state index contributed by atoms with van der Waals surface area (Å²) >= 11 is 0. The minimum atomic E-state index is -0.281. The maximum Gasteiger partial charge on any atom is 0.232 e. The van der Waals surface area contributed by atoms with Crippen LogP contribution in [-0.4, -0.2) is 87.9 Å². The molecule has 0 radical (unpaired) electrons. The summed E-state index contributed by atoms with van der Waals surface area (Å²) in [6.45, 7) is 8.53. The van der Waals surface area contributed by atoms with Gasteiger partial charge in [-0.3, -0.25) is 9.79 Å². The zero-order chi connectivity index (χ0) is 21.9. The molecule has 2 fully saturated rings. The standard InChI is InChI=1S/C24H38N4O3.HI/c1-3-25-24(27(2)12-9-20-10-15-30-16-11-20)26-19-22(21-7-5-4-6-8-21)23(29)28-13-17-31-18-14-28;/h4-8,20,22H,3,9-19H2,1-2H3,(H,25,26);1H. The number of nitrogens with one attached hydrogen (secondary N) is 1. The number of nitrogens with zero attached hydrogens (tertiary/aromatic N) is 3. The van der Waals surface area contributed by atoms with Crippen LogP contribution in [0.2, 0.25) is 0 Å². The lowest BCUT2D eigenvalue weighted by atomic mass is 9.96. The predicted octanol–water partition coefficient (Wildman–Crippen LogP) is 2.96. The highest BCUT2D eigenvalue weighted by Gasteiger charge is 2.27. The molecule has 32 heavy (non-hydrogen) atoms. The third kappa shape index (κ3) is 8.19. The summed E-state index contributed by atoms with van der Waals surface area (Å²) in [6.07, 6.45) is 3.43. The molecule has 2 heterocycles. The van der Waals surface area contributed by atoms with Crippen LogP contribution in [-0.2, 0) is 14.3 Å². The number of morpholine rings is 1. The number of carbonyl (C=O) groups is 1. The number of aliphatic imine (C=N–C) groups is 1. The van der Waals surface area contributed by atoms with Crippen LogP contribution in [0.4, 0.5) is 0 Å². The van der Waals surface area contributed by atoms with Gasteiger partial charge >= 0.3 is 0 Å². The van der Waals surface area contributed by atoms with Crippen LogP contribution >= 0.6 is 24.0 Å². The van der Waals surface area contributed by atoms with E-state index in [0.717, 1.165) is 63.0 Å². The van der Waals surface area contributed by atoms with Gasteiger partial charge in [-0.1, -0.05) is 30.3 Å². The van der Waals surface area contributed by atoms with Crippen molar-refractivity contribution in [3.8, 4) is 0 Å². The van der Waals surface area contributed by atoms with Gasteiger partial charge in [0.25, 0.3) is 0 Å². The maximum atomic E-state index is 13.3. The van der Waals surface area contributed by atoms with E-state index in [-0.39, 0.29) is 35.8 Å². The number of rotatable bonds is 8. The Kier molecular flexibility index (Phi) is 12.3. The van der Waals surface area contributed by atoms with Crippen LogP contribution in [0.25, 0.3) is 0 Å². The van der Waals surface area contributed by atoms with Gasteiger partial charge in [0, 0.05) is 46.4 Å². The molecule has 1 aromatic carbocycles. The lowest BCUT2D eigenvalue weighted by molar-refractivity contribution is -0.136. The van der Waals surface area contributed by atoms with Gasteiger partial charge in [0.15, 0.2) is 5.96 Å². The highest BCUT2D eigenvalue weighted by molar-refractivity contribution is 14.0. The van der Waals surface area contributed by atoms with Crippen molar-refractivity contribution < 1.29 is 14.3 Å². The van der Waals surface area contributed by atoms with Crippen molar-refractivity contribution in [3.63, 3.8) is 0 Å². The Morgan fingerprint density at radius 3 is 2.47 bits per heavy atom. The van der Waals surface area contributed by atoms with E-state index in [1.54, 1.807) is 0 Å². The summed E-state index contributed by atoms with van der Waals surface area (Å²) in [7, 11) is 2.09. The first-order valence-corrected chi connectivity index (χ1v) is 11.7. The van der Waals surface area contributed by atoms with E-state index in [1.807, 2.05) is 35.2 Å². The second-order valence-electron chi connectivity index (χ2n) is 8.36. The van der Waals surface area contributed by atoms with Crippen molar-refractivity contribution in [2.24, 2.45) is 10.9 Å². The van der Waals surface area contributed by atoms with Crippen molar-refractivity contribution in [1.29, 1.82) is 0 Å². The Morgan fingerprint density at radius 1 is 1.16 bits per heavy atom. The Hall–Kier alpha value is -1.39. The molecular formula is C24H39IN4O3. The number of hydrogen-bond acceptors (Lipinski definition) is 4. The van der Waals surface area contributed by atoms with Crippen LogP contribution in [0, 0.1) is 5.92 Å². The van der Waals surface area contributed by atoms with Crippen molar-refractivity contribution in [2.75, 3.05) is 66.2 Å². The van der Waals surface area contributed by atoms with Crippen LogP contribution in [0.1, 0.15) is 37.7 Å². The SMILES string of the molecule is CCNC(=NCC(C(=O)N1CCOCC1)c1ccccc1)N(C)CCC1CCOCC1.I. The first-order chi connectivity index (χ1) is 15.2. The van der Waals surface area contributed by atoms with E-state index in [0.29, 0.717) is 32.8 Å². The van der Waals surface area contributed by atoms with Gasteiger partial charge in [0.2, 0.25) is 5.91 Å². The van der Waals surface area contributed by atoms with Crippen LogP contribution < -0.4 is 5.32 Å². The average molecular weight is 559 g/mol. The van der Waals surface area contributed by atoms with Crippen LogP contribution in [0.3, 0.4) is 0 Å². The largest absolute Gasteiger partial charge is 0.381 e. The monoisotopic (exact) mass is 558 g/mol. The zero-order valence-corrected chi connectivity index (χ0v) is 21.8. The van der Waals surface area contributed by atoms with Gasteiger partial charge in [-0.15, -0.1) is 24.0 Å². The summed E-state index contributed by atoms with van der Waals surface area (Å²) in [5, 5.41) is 3.40.